The van der Waals surface area contributed by atoms with E-state index in [4.69, 9.17) is 4.74 Å². The summed E-state index contributed by atoms with van der Waals surface area (Å²) in [6.07, 6.45) is 1.91. The number of nitrogens with zero attached hydrogens (tertiary/aromatic N) is 2. The van der Waals surface area contributed by atoms with E-state index in [2.05, 4.69) is 25.9 Å². The Kier molecular flexibility index (Phi) is 8.25. The number of phenolic OH excluding ortho intramolecular Hbond substituents is 1. The molecule has 0 unspecified atom stereocenters. The predicted molar refractivity (Wildman–Crippen MR) is 136 cm³/mol. The van der Waals surface area contributed by atoms with Crippen molar-refractivity contribution in [2.24, 2.45) is 0 Å². The molecule has 0 aliphatic heterocycles. The second-order valence-electron chi connectivity index (χ2n) is 9.05. The largest absolute Gasteiger partial charge is 0.508 e. The maximum atomic E-state index is 12.6. The van der Waals surface area contributed by atoms with Gasteiger partial charge in [0, 0.05) is 42.2 Å². The van der Waals surface area contributed by atoms with E-state index in [1.807, 2.05) is 19.1 Å². The fraction of sp³-hybridized carbons (Fsp3) is 0.308. The zero-order valence-corrected chi connectivity index (χ0v) is 20.4. The number of Topliss-reactive ketones (excluding diaryl/α,β-unsaturated/α-hetero) is 1. The molecule has 0 saturated carbocycles. The Balaban J connectivity index is 1.56. The van der Waals surface area contributed by atoms with Crippen LogP contribution in [0.3, 0.4) is 0 Å². The Bertz CT molecular complexity index is 1190. The highest BCUT2D eigenvalue weighted by molar-refractivity contribution is 5.97. The first-order valence-corrected chi connectivity index (χ1v) is 11.4. The number of rotatable bonds is 9. The average molecular weight is 478 g/mol. The van der Waals surface area contributed by atoms with Crippen molar-refractivity contribution in [3.63, 3.8) is 0 Å². The van der Waals surface area contributed by atoms with Crippen LogP contribution in [-0.2, 0) is 4.74 Å². The Hall–Kier alpha value is -4.14. The standard InChI is InChI=1S/C26H31N5O4/c1-17-10-11-20(32)16-21(17)30-23-12-14-27-24(31-23)29-19-8-5-7-18(15-19)22(33)9-6-13-28-25(34)35-26(2,3)4/h5,7-8,10-12,14-16,32H,6,9,13H2,1-4H3,(H,28,34)(H2,27,29,30,31). The number of hydrogen-bond acceptors (Lipinski definition) is 8. The number of alkyl carbamates (subject to hydrolysis) is 1. The number of aryl methyl sites for hydroxylation is 1. The first kappa shape index (κ1) is 25.5. The fourth-order valence-electron chi connectivity index (χ4n) is 3.17. The summed E-state index contributed by atoms with van der Waals surface area (Å²) in [4.78, 5) is 33.0. The minimum atomic E-state index is -0.559. The lowest BCUT2D eigenvalue weighted by Crippen LogP contribution is -2.33. The molecule has 0 spiro atoms. The van der Waals surface area contributed by atoms with Gasteiger partial charge in [0.15, 0.2) is 5.78 Å². The number of phenols is 1. The molecule has 2 aromatic carbocycles. The molecule has 0 fully saturated rings. The summed E-state index contributed by atoms with van der Waals surface area (Å²) in [5.41, 5.74) is 2.37. The van der Waals surface area contributed by atoms with Crippen molar-refractivity contribution in [1.82, 2.24) is 15.3 Å². The van der Waals surface area contributed by atoms with Gasteiger partial charge in [0.05, 0.1) is 0 Å². The first-order chi connectivity index (χ1) is 16.6. The van der Waals surface area contributed by atoms with Crippen LogP contribution in [0, 0.1) is 6.92 Å². The highest BCUT2D eigenvalue weighted by atomic mass is 16.6. The van der Waals surface area contributed by atoms with Gasteiger partial charge in [0.1, 0.15) is 17.2 Å². The molecule has 184 valence electrons. The minimum absolute atomic E-state index is 0.0321. The summed E-state index contributed by atoms with van der Waals surface area (Å²) in [6.45, 7) is 7.67. The van der Waals surface area contributed by atoms with Gasteiger partial charge in [-0.3, -0.25) is 4.79 Å². The van der Waals surface area contributed by atoms with Gasteiger partial charge in [-0.15, -0.1) is 0 Å². The van der Waals surface area contributed by atoms with Crippen LogP contribution in [0.1, 0.15) is 49.5 Å². The zero-order valence-electron chi connectivity index (χ0n) is 20.4. The summed E-state index contributed by atoms with van der Waals surface area (Å²) >= 11 is 0. The molecule has 9 heteroatoms. The number of ketones is 1. The van der Waals surface area contributed by atoms with Crippen molar-refractivity contribution < 1.29 is 19.4 Å². The Morgan fingerprint density at radius 3 is 2.63 bits per heavy atom. The summed E-state index contributed by atoms with van der Waals surface area (Å²) in [5, 5.41) is 18.7. The van der Waals surface area contributed by atoms with E-state index in [-0.39, 0.29) is 11.5 Å². The highest BCUT2D eigenvalue weighted by Crippen LogP contribution is 2.24. The summed E-state index contributed by atoms with van der Waals surface area (Å²) in [6, 6.07) is 13.9. The van der Waals surface area contributed by atoms with Gasteiger partial charge < -0.3 is 25.8 Å². The lowest BCUT2D eigenvalue weighted by molar-refractivity contribution is 0.0525. The van der Waals surface area contributed by atoms with E-state index in [0.29, 0.717) is 42.4 Å². The van der Waals surface area contributed by atoms with Crippen LogP contribution in [0.2, 0.25) is 0 Å². The van der Waals surface area contributed by atoms with E-state index in [1.54, 1.807) is 63.4 Å². The van der Waals surface area contributed by atoms with Crippen LogP contribution < -0.4 is 16.0 Å². The Labute approximate surface area is 205 Å². The van der Waals surface area contributed by atoms with Crippen LogP contribution in [-0.4, -0.2) is 39.1 Å². The third-order valence-corrected chi connectivity index (χ3v) is 4.83. The normalized spacial score (nSPS) is 11.0. The van der Waals surface area contributed by atoms with Crippen molar-refractivity contribution in [3.05, 3.63) is 65.9 Å². The van der Waals surface area contributed by atoms with E-state index in [1.165, 1.54) is 0 Å². The molecule has 0 saturated heterocycles. The summed E-state index contributed by atoms with van der Waals surface area (Å²) in [7, 11) is 0. The molecule has 0 aliphatic carbocycles. The van der Waals surface area contributed by atoms with Gasteiger partial charge >= 0.3 is 6.09 Å². The predicted octanol–water partition coefficient (Wildman–Crippen LogP) is 5.47. The minimum Gasteiger partial charge on any atom is -0.508 e. The lowest BCUT2D eigenvalue weighted by Gasteiger charge is -2.19. The maximum absolute atomic E-state index is 12.6. The van der Waals surface area contributed by atoms with E-state index >= 15 is 0 Å². The number of carbonyl (C=O) groups is 2. The number of benzene rings is 2. The number of nitrogens with one attached hydrogen (secondary N) is 3. The van der Waals surface area contributed by atoms with Gasteiger partial charge in [-0.1, -0.05) is 18.2 Å². The molecule has 3 aromatic rings. The molecule has 1 aromatic heterocycles. The number of aromatic hydroxyl groups is 1. The molecular formula is C26H31N5O4. The Morgan fingerprint density at radius 1 is 1.06 bits per heavy atom. The molecule has 0 bridgehead atoms. The maximum Gasteiger partial charge on any atom is 0.407 e. The molecule has 0 radical (unpaired) electrons. The fourth-order valence-corrected chi connectivity index (χ4v) is 3.17. The average Bonchev–Trinajstić information content (AvgIpc) is 2.78. The second kappa shape index (κ2) is 11.3. The molecule has 1 amide bonds. The SMILES string of the molecule is Cc1ccc(O)cc1Nc1ccnc(Nc2cccc(C(=O)CCCNC(=O)OC(C)(C)C)c2)n1. The summed E-state index contributed by atoms with van der Waals surface area (Å²) in [5.74, 6) is 1.04. The van der Waals surface area contributed by atoms with Crippen molar-refractivity contribution in [2.75, 3.05) is 17.2 Å². The number of amides is 1. The van der Waals surface area contributed by atoms with Crippen LogP contribution in [0.4, 0.5) is 27.9 Å². The quantitative estimate of drug-likeness (QED) is 0.236. The monoisotopic (exact) mass is 477 g/mol. The third kappa shape index (κ3) is 8.29. The molecular weight excluding hydrogens is 446 g/mol. The van der Waals surface area contributed by atoms with E-state index < -0.39 is 11.7 Å². The van der Waals surface area contributed by atoms with Gasteiger partial charge in [-0.25, -0.2) is 9.78 Å². The summed E-state index contributed by atoms with van der Waals surface area (Å²) < 4.78 is 5.18. The molecule has 35 heavy (non-hydrogen) atoms. The van der Waals surface area contributed by atoms with Crippen LogP contribution in [0.15, 0.2) is 54.7 Å². The molecule has 1 heterocycles. The Morgan fingerprint density at radius 2 is 1.86 bits per heavy atom. The molecule has 3 rings (SSSR count). The lowest BCUT2D eigenvalue weighted by atomic mass is 10.1. The smallest absolute Gasteiger partial charge is 0.407 e. The van der Waals surface area contributed by atoms with Gasteiger partial charge in [0.2, 0.25) is 5.95 Å². The first-order valence-electron chi connectivity index (χ1n) is 11.4. The van der Waals surface area contributed by atoms with Gasteiger partial charge in [-0.05, 0) is 63.9 Å². The zero-order chi connectivity index (χ0) is 25.4. The topological polar surface area (TPSA) is 125 Å². The van der Waals surface area contributed by atoms with Crippen molar-refractivity contribution in [2.45, 2.75) is 46.1 Å². The van der Waals surface area contributed by atoms with Gasteiger partial charge in [-0.2, -0.15) is 4.98 Å². The van der Waals surface area contributed by atoms with Crippen molar-refractivity contribution in [3.8, 4) is 5.75 Å². The molecule has 9 nitrogen and oxygen atoms in total. The van der Waals surface area contributed by atoms with Crippen LogP contribution in [0.25, 0.3) is 0 Å². The van der Waals surface area contributed by atoms with E-state index in [0.717, 1.165) is 11.3 Å². The highest BCUT2D eigenvalue weighted by Gasteiger charge is 2.15. The van der Waals surface area contributed by atoms with E-state index in [9.17, 15) is 14.7 Å². The second-order valence-corrected chi connectivity index (χ2v) is 9.05. The number of ether oxygens (including phenoxy) is 1. The van der Waals surface area contributed by atoms with Crippen molar-refractivity contribution >= 4 is 35.0 Å². The van der Waals surface area contributed by atoms with Crippen LogP contribution in [0.5, 0.6) is 5.75 Å². The number of carbonyl (C=O) groups excluding carboxylic acids is 2. The number of anilines is 4. The molecule has 4 N–H and O–H groups in total. The third-order valence-electron chi connectivity index (χ3n) is 4.83. The molecule has 0 atom stereocenters. The van der Waals surface area contributed by atoms with Crippen LogP contribution >= 0.6 is 0 Å². The number of aromatic nitrogens is 2. The molecule has 0 aliphatic rings. The van der Waals surface area contributed by atoms with Crippen molar-refractivity contribution in [1.29, 1.82) is 0 Å². The number of hydrogen-bond donors (Lipinski definition) is 4. The van der Waals surface area contributed by atoms with Gasteiger partial charge in [0.25, 0.3) is 0 Å².